The van der Waals surface area contributed by atoms with Gasteiger partial charge in [0.15, 0.2) is 17.7 Å². The lowest BCUT2D eigenvalue weighted by Gasteiger charge is -2.45. The molecule has 2 aliphatic rings. The highest BCUT2D eigenvalue weighted by Gasteiger charge is 2.42. The molecule has 3 aromatic rings. The molecule has 0 bridgehead atoms. The molecule has 0 radical (unpaired) electrons. The number of hydrogen-bond acceptors (Lipinski definition) is 11. The number of nitrogens with one attached hydrogen (secondary N) is 1. The molecule has 0 saturated carbocycles. The summed E-state index contributed by atoms with van der Waals surface area (Å²) < 4.78 is 24.3. The molecule has 3 heterocycles. The second-order valence-corrected chi connectivity index (χ2v) is 11.1. The number of hydrogen-bond donors (Lipinski definition) is 3. The van der Waals surface area contributed by atoms with Gasteiger partial charge in [-0.1, -0.05) is 0 Å². The summed E-state index contributed by atoms with van der Waals surface area (Å²) in [7, 11) is 1.50. The van der Waals surface area contributed by atoms with Crippen LogP contribution in [0.5, 0.6) is 17.2 Å². The fraction of sp³-hybridized carbons (Fsp3) is 0.419. The van der Waals surface area contributed by atoms with Gasteiger partial charge >= 0.3 is 0 Å². The summed E-state index contributed by atoms with van der Waals surface area (Å²) in [5, 5.41) is 27.2. The summed E-state index contributed by atoms with van der Waals surface area (Å²) >= 11 is 0. The van der Waals surface area contributed by atoms with Crippen molar-refractivity contribution in [3.63, 3.8) is 0 Å². The van der Waals surface area contributed by atoms with Crippen LogP contribution in [0.3, 0.4) is 0 Å². The van der Waals surface area contributed by atoms with Crippen LogP contribution in [-0.4, -0.2) is 52.8 Å². The van der Waals surface area contributed by atoms with Crippen molar-refractivity contribution in [3.8, 4) is 23.3 Å². The number of nitrogens with two attached hydrogens (primary N) is 2. The van der Waals surface area contributed by atoms with Gasteiger partial charge in [-0.15, -0.1) is 0 Å². The first-order chi connectivity index (χ1) is 20.1. The highest BCUT2D eigenvalue weighted by Crippen LogP contribution is 2.41. The van der Waals surface area contributed by atoms with Crippen molar-refractivity contribution in [3.05, 3.63) is 69.5 Å². The second kappa shape index (κ2) is 11.6. The van der Waals surface area contributed by atoms with Crippen molar-refractivity contribution >= 4 is 11.4 Å². The third-order valence-electron chi connectivity index (χ3n) is 8.06. The summed E-state index contributed by atoms with van der Waals surface area (Å²) in [5.74, 6) is 0.462. The van der Waals surface area contributed by atoms with Crippen LogP contribution in [0.2, 0.25) is 0 Å². The predicted octanol–water partition coefficient (Wildman–Crippen LogP) is 4.12. The molecule has 0 aliphatic carbocycles. The highest BCUT2D eigenvalue weighted by atomic mass is 16.7. The standard InChI is InChI=1S/C31H37N7O4/c1-17(2)38-8-6-31(7-9-38)40-16-22-11-20(10-21(14-32)29(22)42-31)28(34)23-12-26(25(39-5)13-24(23)33)41-30(35)27-18(3)15-36-37-19(27)4/h10-13,15,17,30,34H,6-9,16,33,35H2,1-5H3/t30-/m0/s1. The maximum absolute atomic E-state index is 10.1. The number of likely N-dealkylation sites (tertiary alicyclic amines) is 1. The third kappa shape index (κ3) is 5.48. The number of aromatic nitrogens is 2. The van der Waals surface area contributed by atoms with Crippen LogP contribution >= 0.6 is 0 Å². The molecule has 42 heavy (non-hydrogen) atoms. The van der Waals surface area contributed by atoms with Crippen LogP contribution in [-0.2, 0) is 11.3 Å². The summed E-state index contributed by atoms with van der Waals surface area (Å²) in [4.78, 5) is 2.39. The smallest absolute Gasteiger partial charge is 0.213 e. The summed E-state index contributed by atoms with van der Waals surface area (Å²) in [6, 6.07) is 9.42. The molecule has 11 heteroatoms. The Bertz CT molecular complexity index is 1540. The van der Waals surface area contributed by atoms with Gasteiger partial charge in [-0.3, -0.25) is 11.1 Å². The minimum absolute atomic E-state index is 0.108. The van der Waals surface area contributed by atoms with Crippen LogP contribution in [0.15, 0.2) is 30.5 Å². The van der Waals surface area contributed by atoms with Crippen molar-refractivity contribution in [1.29, 1.82) is 10.7 Å². The number of nitrogen functional groups attached to an aromatic ring is 1. The van der Waals surface area contributed by atoms with Crippen molar-refractivity contribution in [2.24, 2.45) is 5.73 Å². The van der Waals surface area contributed by atoms with Gasteiger partial charge < -0.3 is 29.6 Å². The SMILES string of the molecule is COc1cc(N)c(C(=N)c2cc(C#N)c3c(c2)COC2(CCN(C(C)C)CC2)O3)cc1O[C@H](N)c1c(C)cnnc1C. The number of benzene rings is 2. The van der Waals surface area contributed by atoms with Crippen molar-refractivity contribution in [1.82, 2.24) is 15.1 Å². The van der Waals surface area contributed by atoms with Crippen LogP contribution < -0.4 is 25.7 Å². The molecular weight excluding hydrogens is 534 g/mol. The fourth-order valence-electron chi connectivity index (χ4n) is 5.63. The monoisotopic (exact) mass is 571 g/mol. The average molecular weight is 572 g/mol. The number of rotatable bonds is 7. The van der Waals surface area contributed by atoms with E-state index in [1.54, 1.807) is 24.4 Å². The molecule has 1 aromatic heterocycles. The summed E-state index contributed by atoms with van der Waals surface area (Å²) in [6.07, 6.45) is 2.20. The van der Waals surface area contributed by atoms with E-state index in [-0.39, 0.29) is 12.3 Å². The van der Waals surface area contributed by atoms with E-state index in [9.17, 15) is 5.26 Å². The zero-order chi connectivity index (χ0) is 30.2. The van der Waals surface area contributed by atoms with Crippen LogP contribution in [0.4, 0.5) is 5.69 Å². The molecular formula is C31H37N7O4. The van der Waals surface area contributed by atoms with E-state index < -0.39 is 12.0 Å². The van der Waals surface area contributed by atoms with Crippen LogP contribution in [0.25, 0.3) is 0 Å². The van der Waals surface area contributed by atoms with Crippen LogP contribution in [0.1, 0.15) is 72.0 Å². The lowest BCUT2D eigenvalue weighted by atomic mass is 9.94. The van der Waals surface area contributed by atoms with E-state index in [1.807, 2.05) is 19.9 Å². The van der Waals surface area contributed by atoms with E-state index in [0.717, 1.165) is 31.5 Å². The molecule has 5 N–H and O–H groups in total. The normalized spacial score (nSPS) is 16.8. The zero-order valence-corrected chi connectivity index (χ0v) is 24.7. The number of anilines is 1. The Hall–Kier alpha value is -4.24. The lowest BCUT2D eigenvalue weighted by Crippen LogP contribution is -2.52. The number of ether oxygens (including phenoxy) is 4. The minimum Gasteiger partial charge on any atom is -0.493 e. The fourth-order valence-corrected chi connectivity index (χ4v) is 5.63. The molecule has 1 atom stereocenters. The molecule has 220 valence electrons. The van der Waals surface area contributed by atoms with Gasteiger partial charge in [-0.25, -0.2) is 0 Å². The molecule has 11 nitrogen and oxygen atoms in total. The first-order valence-corrected chi connectivity index (χ1v) is 14.0. The Morgan fingerprint density at radius 2 is 1.90 bits per heavy atom. The molecule has 1 saturated heterocycles. The molecule has 2 aromatic carbocycles. The van der Waals surface area contributed by atoms with E-state index >= 15 is 0 Å². The van der Waals surface area contributed by atoms with Gasteiger partial charge in [0, 0.05) is 66.0 Å². The first-order valence-electron chi connectivity index (χ1n) is 14.0. The number of methoxy groups -OCH3 is 1. The number of nitrogens with zero attached hydrogens (tertiary/aromatic N) is 4. The zero-order valence-electron chi connectivity index (χ0n) is 24.7. The highest BCUT2D eigenvalue weighted by molar-refractivity contribution is 6.14. The third-order valence-corrected chi connectivity index (χ3v) is 8.06. The first kappa shape index (κ1) is 29.3. The summed E-state index contributed by atoms with van der Waals surface area (Å²) in [5.41, 5.74) is 17.4. The second-order valence-electron chi connectivity index (χ2n) is 11.1. The van der Waals surface area contributed by atoms with Gasteiger partial charge in [-0.2, -0.15) is 15.5 Å². The van der Waals surface area contributed by atoms with E-state index in [2.05, 4.69) is 35.0 Å². The Kier molecular flexibility index (Phi) is 8.06. The minimum atomic E-state index is -0.858. The van der Waals surface area contributed by atoms with Crippen LogP contribution in [0, 0.1) is 30.6 Å². The molecule has 0 unspecified atom stereocenters. The maximum atomic E-state index is 10.1. The van der Waals surface area contributed by atoms with E-state index in [0.29, 0.717) is 62.5 Å². The average Bonchev–Trinajstić information content (AvgIpc) is 2.97. The molecule has 1 spiro atoms. The van der Waals surface area contributed by atoms with Gasteiger partial charge in [0.2, 0.25) is 5.79 Å². The number of fused-ring (bicyclic) bond motifs is 1. The largest absolute Gasteiger partial charge is 0.493 e. The molecule has 2 aliphatic heterocycles. The topological polar surface area (TPSA) is 166 Å². The van der Waals surface area contributed by atoms with Gasteiger partial charge in [0.05, 0.1) is 36.9 Å². The van der Waals surface area contributed by atoms with Crippen molar-refractivity contribution < 1.29 is 18.9 Å². The van der Waals surface area contributed by atoms with Gasteiger partial charge in [-0.05, 0) is 51.5 Å². The molecule has 0 amide bonds. The lowest BCUT2D eigenvalue weighted by molar-refractivity contribution is -0.229. The van der Waals surface area contributed by atoms with Gasteiger partial charge in [0.1, 0.15) is 11.8 Å². The number of aryl methyl sites for hydroxylation is 2. The Morgan fingerprint density at radius 1 is 1.17 bits per heavy atom. The van der Waals surface area contributed by atoms with Crippen molar-refractivity contribution in [2.45, 2.75) is 65.2 Å². The number of nitriles is 1. The Balaban J connectivity index is 1.44. The number of piperidine rings is 1. The Labute approximate surface area is 245 Å². The van der Waals surface area contributed by atoms with Crippen molar-refractivity contribution in [2.75, 3.05) is 25.9 Å². The maximum Gasteiger partial charge on any atom is 0.213 e. The molecule has 1 fully saturated rings. The van der Waals surface area contributed by atoms with E-state index in [1.165, 1.54) is 7.11 Å². The Morgan fingerprint density at radius 3 is 2.55 bits per heavy atom. The quantitative estimate of drug-likeness (QED) is 0.213. The van der Waals surface area contributed by atoms with Gasteiger partial charge in [0.25, 0.3) is 0 Å². The van der Waals surface area contributed by atoms with E-state index in [4.69, 9.17) is 35.8 Å². The summed E-state index contributed by atoms with van der Waals surface area (Å²) in [6.45, 7) is 10.1. The molecule has 5 rings (SSSR count). The predicted molar refractivity (Wildman–Crippen MR) is 158 cm³/mol.